The van der Waals surface area contributed by atoms with Gasteiger partial charge >= 0.3 is 0 Å². The van der Waals surface area contributed by atoms with Crippen LogP contribution in [-0.4, -0.2) is 29.9 Å². The van der Waals surface area contributed by atoms with Gasteiger partial charge in [0, 0.05) is 11.4 Å². The summed E-state index contributed by atoms with van der Waals surface area (Å²) in [4.78, 5) is 2.31. The normalized spacial score (nSPS) is 11.5. The van der Waals surface area contributed by atoms with Gasteiger partial charge in [-0.15, -0.1) is 24.0 Å². The lowest BCUT2D eigenvalue weighted by Gasteiger charge is -2.31. The van der Waals surface area contributed by atoms with Gasteiger partial charge in [0.15, 0.2) is 0 Å². The maximum atomic E-state index is 5.57. The number of hydrogen-bond acceptors (Lipinski definition) is 1. The molecule has 11 heavy (non-hydrogen) atoms. The molecule has 0 bridgehead atoms. The first kappa shape index (κ1) is 14.1. The summed E-state index contributed by atoms with van der Waals surface area (Å²) in [6, 6.07) is 0. The van der Waals surface area contributed by atoms with Gasteiger partial charge in [0.1, 0.15) is 0 Å². The summed E-state index contributed by atoms with van der Waals surface area (Å²) in [7, 11) is 2.13. The van der Waals surface area contributed by atoms with Gasteiger partial charge in [-0.2, -0.15) is 0 Å². The van der Waals surface area contributed by atoms with E-state index in [9.17, 15) is 0 Å². The first-order valence-corrected chi connectivity index (χ1v) is 4.29. The molecule has 0 saturated heterocycles. The van der Waals surface area contributed by atoms with Crippen molar-refractivity contribution in [1.29, 1.82) is 0 Å². The Morgan fingerprint density at radius 3 is 2.00 bits per heavy atom. The fourth-order valence-corrected chi connectivity index (χ4v) is 0.752. The third-order valence-electron chi connectivity index (χ3n) is 1.77. The quantitative estimate of drug-likeness (QED) is 0.633. The van der Waals surface area contributed by atoms with Crippen molar-refractivity contribution in [3.8, 4) is 0 Å². The van der Waals surface area contributed by atoms with Crippen molar-refractivity contribution in [2.24, 2.45) is 0 Å². The van der Waals surface area contributed by atoms with E-state index in [2.05, 4.69) is 32.7 Å². The SMILES string of the molecule is CN(CCCCl)C(C)(C)C.Cl. The van der Waals surface area contributed by atoms with E-state index in [1.54, 1.807) is 0 Å². The molecule has 0 aromatic carbocycles. The summed E-state index contributed by atoms with van der Waals surface area (Å²) in [6.07, 6.45) is 1.08. The zero-order valence-corrected chi connectivity index (χ0v) is 9.43. The van der Waals surface area contributed by atoms with Crippen LogP contribution in [0.25, 0.3) is 0 Å². The van der Waals surface area contributed by atoms with Crippen molar-refractivity contribution < 1.29 is 0 Å². The molecule has 0 radical (unpaired) electrons. The van der Waals surface area contributed by atoms with Gasteiger partial charge in [0.2, 0.25) is 0 Å². The Morgan fingerprint density at radius 2 is 1.73 bits per heavy atom. The van der Waals surface area contributed by atoms with Crippen LogP contribution in [0.5, 0.6) is 0 Å². The lowest BCUT2D eigenvalue weighted by Crippen LogP contribution is -2.38. The van der Waals surface area contributed by atoms with Crippen molar-refractivity contribution >= 4 is 24.0 Å². The Bertz CT molecular complexity index is 88.6. The highest BCUT2D eigenvalue weighted by Gasteiger charge is 2.15. The number of hydrogen-bond donors (Lipinski definition) is 0. The zero-order valence-electron chi connectivity index (χ0n) is 7.85. The van der Waals surface area contributed by atoms with Gasteiger partial charge in [-0.3, -0.25) is 0 Å². The van der Waals surface area contributed by atoms with E-state index in [4.69, 9.17) is 11.6 Å². The molecule has 0 aromatic rings. The minimum atomic E-state index is 0. The molecule has 0 aliphatic rings. The largest absolute Gasteiger partial charge is 0.301 e. The Labute approximate surface area is 81.5 Å². The second kappa shape index (κ2) is 6.10. The van der Waals surface area contributed by atoms with Crippen LogP contribution in [0, 0.1) is 0 Å². The van der Waals surface area contributed by atoms with E-state index >= 15 is 0 Å². The third kappa shape index (κ3) is 6.92. The molecule has 1 nitrogen and oxygen atoms in total. The van der Waals surface area contributed by atoms with Gasteiger partial charge in [0.05, 0.1) is 0 Å². The molecule has 0 unspecified atom stereocenters. The van der Waals surface area contributed by atoms with Crippen LogP contribution in [0.1, 0.15) is 27.2 Å². The monoisotopic (exact) mass is 199 g/mol. The maximum Gasteiger partial charge on any atom is 0.0235 e. The van der Waals surface area contributed by atoms with Crippen LogP contribution in [0.3, 0.4) is 0 Å². The van der Waals surface area contributed by atoms with E-state index in [0.29, 0.717) is 0 Å². The van der Waals surface area contributed by atoms with Crippen molar-refractivity contribution in [3.05, 3.63) is 0 Å². The minimum absolute atomic E-state index is 0. The van der Waals surface area contributed by atoms with Crippen molar-refractivity contribution in [3.63, 3.8) is 0 Å². The second-order valence-corrected chi connectivity index (χ2v) is 4.01. The number of halogens is 2. The highest BCUT2D eigenvalue weighted by atomic mass is 35.5. The zero-order chi connectivity index (χ0) is 8.20. The molecular weight excluding hydrogens is 181 g/mol. The van der Waals surface area contributed by atoms with E-state index in [-0.39, 0.29) is 17.9 Å². The molecule has 0 spiro atoms. The Hall–Kier alpha value is 0.540. The van der Waals surface area contributed by atoms with Crippen LogP contribution in [0.4, 0.5) is 0 Å². The molecule has 0 aromatic heterocycles. The summed E-state index contributed by atoms with van der Waals surface area (Å²) >= 11 is 5.57. The van der Waals surface area contributed by atoms with Crippen molar-refractivity contribution in [2.75, 3.05) is 19.5 Å². The van der Waals surface area contributed by atoms with E-state index in [1.165, 1.54) is 0 Å². The van der Waals surface area contributed by atoms with Crippen molar-refractivity contribution in [1.82, 2.24) is 4.90 Å². The van der Waals surface area contributed by atoms with Crippen molar-refractivity contribution in [2.45, 2.75) is 32.7 Å². The van der Waals surface area contributed by atoms with Gasteiger partial charge in [0.25, 0.3) is 0 Å². The van der Waals surface area contributed by atoms with Crippen LogP contribution in [0.15, 0.2) is 0 Å². The van der Waals surface area contributed by atoms with Crippen LogP contribution < -0.4 is 0 Å². The van der Waals surface area contributed by atoms with E-state index in [0.717, 1.165) is 18.8 Å². The average molecular weight is 200 g/mol. The molecule has 0 amide bonds. The molecule has 0 saturated carbocycles. The molecule has 0 heterocycles. The fourth-order valence-electron chi connectivity index (χ4n) is 0.632. The molecular formula is C8H19Cl2N. The standard InChI is InChI=1S/C8H18ClN.ClH/c1-8(2,3)10(4)7-5-6-9;/h5-7H2,1-4H3;1H. The van der Waals surface area contributed by atoms with Gasteiger partial charge < -0.3 is 4.90 Å². The summed E-state index contributed by atoms with van der Waals surface area (Å²) in [5, 5.41) is 0. The molecule has 70 valence electrons. The first-order valence-electron chi connectivity index (χ1n) is 3.75. The van der Waals surface area contributed by atoms with E-state index in [1.807, 2.05) is 0 Å². The number of nitrogens with zero attached hydrogens (tertiary/aromatic N) is 1. The number of alkyl halides is 1. The van der Waals surface area contributed by atoms with Gasteiger partial charge in [-0.05, 0) is 40.8 Å². The fraction of sp³-hybridized carbons (Fsp3) is 1.00. The molecule has 0 atom stereocenters. The number of rotatable bonds is 3. The highest BCUT2D eigenvalue weighted by molar-refractivity contribution is 6.17. The van der Waals surface area contributed by atoms with Gasteiger partial charge in [-0.1, -0.05) is 0 Å². The average Bonchev–Trinajstić information content (AvgIpc) is 1.80. The predicted octanol–water partition coefficient (Wildman–Crippen LogP) is 2.77. The summed E-state index contributed by atoms with van der Waals surface area (Å²) in [5.41, 5.74) is 0.284. The summed E-state index contributed by atoms with van der Waals surface area (Å²) < 4.78 is 0. The smallest absolute Gasteiger partial charge is 0.0235 e. The molecule has 3 heteroatoms. The minimum Gasteiger partial charge on any atom is -0.301 e. The lowest BCUT2D eigenvalue weighted by molar-refractivity contribution is 0.176. The van der Waals surface area contributed by atoms with Crippen LogP contribution in [-0.2, 0) is 0 Å². The first-order chi connectivity index (χ1) is 4.48. The molecule has 0 aliphatic heterocycles. The third-order valence-corrected chi connectivity index (χ3v) is 2.04. The van der Waals surface area contributed by atoms with Crippen LogP contribution >= 0.6 is 24.0 Å². The van der Waals surface area contributed by atoms with E-state index < -0.39 is 0 Å². The Balaban J connectivity index is 0. The summed E-state index contributed by atoms with van der Waals surface area (Å²) in [5.74, 6) is 0.764. The molecule has 0 fully saturated rings. The topological polar surface area (TPSA) is 3.24 Å². The Kier molecular flexibility index (Phi) is 7.81. The lowest BCUT2D eigenvalue weighted by atomic mass is 10.1. The molecule has 0 rings (SSSR count). The maximum absolute atomic E-state index is 5.57. The van der Waals surface area contributed by atoms with Gasteiger partial charge in [-0.25, -0.2) is 0 Å². The highest BCUT2D eigenvalue weighted by Crippen LogP contribution is 2.10. The molecule has 0 N–H and O–H groups in total. The van der Waals surface area contributed by atoms with Crippen LogP contribution in [0.2, 0.25) is 0 Å². The second-order valence-electron chi connectivity index (χ2n) is 3.63. The molecule has 0 aliphatic carbocycles. The predicted molar refractivity (Wildman–Crippen MR) is 55.0 cm³/mol. The summed E-state index contributed by atoms with van der Waals surface area (Å²) in [6.45, 7) is 7.72. The Morgan fingerprint density at radius 1 is 1.27 bits per heavy atom.